The van der Waals surface area contributed by atoms with E-state index < -0.39 is 11.6 Å². The predicted octanol–water partition coefficient (Wildman–Crippen LogP) is 2.96. The second-order valence-electron chi connectivity index (χ2n) is 9.85. The van der Waals surface area contributed by atoms with Gasteiger partial charge in [0.15, 0.2) is 0 Å². The summed E-state index contributed by atoms with van der Waals surface area (Å²) in [5.41, 5.74) is 3.03. The number of hydrogen-bond acceptors (Lipinski definition) is 8. The van der Waals surface area contributed by atoms with Crippen molar-refractivity contribution in [2.24, 2.45) is 0 Å². The third kappa shape index (κ3) is 3.92. The highest BCUT2D eigenvalue weighted by Gasteiger charge is 2.40. The molecular weight excluding hydrogens is 498 g/mol. The minimum Gasteiger partial charge on any atom is -0.495 e. The van der Waals surface area contributed by atoms with E-state index in [4.69, 9.17) is 30.8 Å². The first-order chi connectivity index (χ1) is 17.8. The molecule has 0 bridgehead atoms. The summed E-state index contributed by atoms with van der Waals surface area (Å²) in [6.07, 6.45) is 0.0722. The average Bonchev–Trinajstić information content (AvgIpc) is 3.20. The molecule has 37 heavy (non-hydrogen) atoms. The Morgan fingerprint density at radius 2 is 1.97 bits per heavy atom. The van der Waals surface area contributed by atoms with Gasteiger partial charge in [-0.25, -0.2) is 4.98 Å². The molecule has 3 aliphatic rings. The molecule has 9 nitrogen and oxygen atoms in total. The highest BCUT2D eigenvalue weighted by molar-refractivity contribution is 6.32. The number of benzene rings is 1. The quantitative estimate of drug-likeness (QED) is 0.406. The maximum Gasteiger partial charge on any atom is 0.309 e. The number of ether oxygens (including phenoxy) is 3. The zero-order valence-electron chi connectivity index (χ0n) is 20.8. The van der Waals surface area contributed by atoms with Crippen molar-refractivity contribution in [2.75, 3.05) is 33.4 Å². The Kier molecular flexibility index (Phi) is 5.99. The van der Waals surface area contributed by atoms with Crippen molar-refractivity contribution < 1.29 is 24.1 Å². The van der Waals surface area contributed by atoms with Crippen LogP contribution in [0.15, 0.2) is 23.0 Å². The summed E-state index contributed by atoms with van der Waals surface area (Å²) in [5, 5.41) is 12.8. The van der Waals surface area contributed by atoms with Gasteiger partial charge in [-0.1, -0.05) is 18.5 Å². The van der Waals surface area contributed by atoms with Gasteiger partial charge in [-0.3, -0.25) is 14.5 Å². The Morgan fingerprint density at radius 1 is 1.19 bits per heavy atom. The van der Waals surface area contributed by atoms with E-state index in [9.17, 15) is 14.7 Å². The number of pyridine rings is 2. The van der Waals surface area contributed by atoms with Gasteiger partial charge >= 0.3 is 5.97 Å². The fourth-order valence-electron chi connectivity index (χ4n) is 5.68. The molecule has 3 aromatic rings. The van der Waals surface area contributed by atoms with Crippen LogP contribution in [-0.2, 0) is 39.6 Å². The summed E-state index contributed by atoms with van der Waals surface area (Å²) < 4.78 is 18.0. The van der Waals surface area contributed by atoms with E-state index in [-0.39, 0.29) is 25.0 Å². The molecule has 3 aliphatic heterocycles. The summed E-state index contributed by atoms with van der Waals surface area (Å²) in [6.45, 7) is 5.58. The molecule has 1 atom stereocenters. The number of nitrogens with zero attached hydrogens (tertiary/aromatic N) is 3. The van der Waals surface area contributed by atoms with Crippen molar-refractivity contribution in [3.05, 3.63) is 55.8 Å². The average molecular weight is 526 g/mol. The van der Waals surface area contributed by atoms with E-state index >= 15 is 0 Å². The molecule has 1 fully saturated rings. The molecule has 1 unspecified atom stereocenters. The van der Waals surface area contributed by atoms with Gasteiger partial charge in [0, 0.05) is 30.6 Å². The molecular formula is C27H28ClN3O6. The molecule has 6 rings (SSSR count). The molecule has 0 radical (unpaired) electrons. The highest BCUT2D eigenvalue weighted by atomic mass is 35.5. The van der Waals surface area contributed by atoms with E-state index in [0.717, 1.165) is 29.6 Å². The van der Waals surface area contributed by atoms with Gasteiger partial charge in [-0.15, -0.1) is 0 Å². The molecule has 0 amide bonds. The van der Waals surface area contributed by atoms with Crippen LogP contribution in [0.2, 0.25) is 5.02 Å². The van der Waals surface area contributed by atoms with Gasteiger partial charge in [-0.05, 0) is 35.7 Å². The number of aromatic nitrogens is 2. The number of carbonyl (C=O) groups is 1. The number of cyclic esters (lactones) is 1. The SMILES string of the molecule is CCC1(O)CC(=O)OCc2c1cc1n(c2=O)Cc2c-1nc1cc(Cl)c(OC)cc1c2CN1CCOCC1. The summed E-state index contributed by atoms with van der Waals surface area (Å²) in [6, 6.07) is 5.52. The van der Waals surface area contributed by atoms with Gasteiger partial charge in [0.2, 0.25) is 0 Å². The number of rotatable bonds is 4. The smallest absolute Gasteiger partial charge is 0.309 e. The lowest BCUT2D eigenvalue weighted by Gasteiger charge is -2.28. The maximum absolute atomic E-state index is 13.8. The van der Waals surface area contributed by atoms with Gasteiger partial charge in [-0.2, -0.15) is 0 Å². The van der Waals surface area contributed by atoms with Crippen LogP contribution >= 0.6 is 11.6 Å². The molecule has 0 spiro atoms. The number of morpholine rings is 1. The summed E-state index contributed by atoms with van der Waals surface area (Å²) in [7, 11) is 1.58. The predicted molar refractivity (Wildman–Crippen MR) is 137 cm³/mol. The largest absolute Gasteiger partial charge is 0.495 e. The Balaban J connectivity index is 1.59. The molecule has 0 saturated carbocycles. The van der Waals surface area contributed by atoms with E-state index in [1.54, 1.807) is 24.7 Å². The van der Waals surface area contributed by atoms with Crippen LogP contribution in [0.3, 0.4) is 0 Å². The minimum absolute atomic E-state index is 0.158. The Bertz CT molecular complexity index is 1500. The normalized spacial score (nSPS) is 21.2. The first kappa shape index (κ1) is 24.4. The number of aliphatic hydroxyl groups is 1. The third-order valence-electron chi connectivity index (χ3n) is 7.82. The monoisotopic (exact) mass is 525 g/mol. The lowest BCUT2D eigenvalue weighted by molar-refractivity contribution is -0.149. The molecule has 1 saturated heterocycles. The highest BCUT2D eigenvalue weighted by Crippen LogP contribution is 2.42. The van der Waals surface area contributed by atoms with Gasteiger partial charge in [0.1, 0.15) is 18.0 Å². The maximum atomic E-state index is 13.8. The van der Waals surface area contributed by atoms with Crippen molar-refractivity contribution in [1.29, 1.82) is 0 Å². The van der Waals surface area contributed by atoms with Crippen LogP contribution in [0.5, 0.6) is 5.75 Å². The lowest BCUT2D eigenvalue weighted by atomic mass is 9.85. The lowest BCUT2D eigenvalue weighted by Crippen LogP contribution is -2.36. The van der Waals surface area contributed by atoms with Crippen molar-refractivity contribution in [1.82, 2.24) is 14.5 Å². The molecule has 10 heteroatoms. The number of halogens is 1. The second kappa shape index (κ2) is 9.09. The van der Waals surface area contributed by atoms with Gasteiger partial charge in [0.25, 0.3) is 5.56 Å². The van der Waals surface area contributed by atoms with Crippen LogP contribution in [0.4, 0.5) is 0 Å². The first-order valence-electron chi connectivity index (χ1n) is 12.5. The topological polar surface area (TPSA) is 103 Å². The Labute approximate surface area is 218 Å². The van der Waals surface area contributed by atoms with E-state index in [1.165, 1.54) is 0 Å². The van der Waals surface area contributed by atoms with Crippen molar-refractivity contribution in [3.8, 4) is 17.1 Å². The zero-order chi connectivity index (χ0) is 25.9. The van der Waals surface area contributed by atoms with Crippen LogP contribution in [0, 0.1) is 0 Å². The second-order valence-corrected chi connectivity index (χ2v) is 10.3. The molecule has 0 aliphatic carbocycles. The summed E-state index contributed by atoms with van der Waals surface area (Å²) in [5.74, 6) is 0.0411. The number of fused-ring (bicyclic) bond motifs is 5. The van der Waals surface area contributed by atoms with Crippen molar-refractivity contribution in [3.63, 3.8) is 0 Å². The number of hydrogen-bond donors (Lipinski definition) is 1. The van der Waals surface area contributed by atoms with E-state index in [2.05, 4.69) is 4.90 Å². The number of methoxy groups -OCH3 is 1. The minimum atomic E-state index is -1.48. The standard InChI is InChI=1S/C27H28ClN3O6/c1-3-27(34)11-24(32)37-14-18-19(27)9-22-25-17(13-31(22)26(18)33)16(12-30-4-6-36-7-5-30)15-8-23(35-2)20(28)10-21(15)29-25/h8-10,34H,3-7,11-14H2,1-2H3. The fourth-order valence-corrected chi connectivity index (χ4v) is 5.92. The number of carbonyl (C=O) groups excluding carboxylic acids is 1. The third-order valence-corrected chi connectivity index (χ3v) is 8.12. The molecule has 5 heterocycles. The van der Waals surface area contributed by atoms with Gasteiger partial charge in [0.05, 0.1) is 60.8 Å². The molecule has 194 valence electrons. The Hall–Kier alpha value is -2.98. The summed E-state index contributed by atoms with van der Waals surface area (Å²) in [4.78, 5) is 33.3. The molecule has 2 aromatic heterocycles. The van der Waals surface area contributed by atoms with Crippen LogP contribution < -0.4 is 10.3 Å². The van der Waals surface area contributed by atoms with Gasteiger partial charge < -0.3 is 23.9 Å². The summed E-state index contributed by atoms with van der Waals surface area (Å²) >= 11 is 6.48. The van der Waals surface area contributed by atoms with Crippen LogP contribution in [0.25, 0.3) is 22.3 Å². The van der Waals surface area contributed by atoms with Crippen molar-refractivity contribution in [2.45, 2.75) is 45.1 Å². The van der Waals surface area contributed by atoms with Crippen LogP contribution in [0.1, 0.15) is 42.0 Å². The molecule has 1 N–H and O–H groups in total. The zero-order valence-corrected chi connectivity index (χ0v) is 21.6. The number of esters is 1. The first-order valence-corrected chi connectivity index (χ1v) is 12.9. The van der Waals surface area contributed by atoms with Crippen molar-refractivity contribution >= 4 is 28.5 Å². The Morgan fingerprint density at radius 3 is 2.70 bits per heavy atom. The van der Waals surface area contributed by atoms with E-state index in [1.807, 2.05) is 12.1 Å². The van der Waals surface area contributed by atoms with E-state index in [0.29, 0.717) is 65.1 Å². The van der Waals surface area contributed by atoms with Crippen LogP contribution in [-0.4, -0.2) is 58.9 Å². The fraction of sp³-hybridized carbons (Fsp3) is 0.444. The molecule has 1 aromatic carbocycles.